The van der Waals surface area contributed by atoms with Gasteiger partial charge in [-0.3, -0.25) is 14.9 Å². The third kappa shape index (κ3) is 5.44. The van der Waals surface area contributed by atoms with Crippen molar-refractivity contribution in [1.82, 2.24) is 0 Å². The molecule has 0 aliphatic rings. The quantitative estimate of drug-likeness (QED) is 0.420. The molecular formula is C19H20N2O7. The van der Waals surface area contributed by atoms with Crippen LogP contribution < -0.4 is 14.8 Å². The number of rotatable bonds is 8. The Morgan fingerprint density at radius 2 is 1.86 bits per heavy atom. The first-order valence-electron chi connectivity index (χ1n) is 8.28. The highest BCUT2D eigenvalue weighted by atomic mass is 16.6. The smallest absolute Gasteiger partial charge is 0.344 e. The summed E-state index contributed by atoms with van der Waals surface area (Å²) in [7, 11) is 1.32. The molecule has 0 heterocycles. The Labute approximate surface area is 161 Å². The Hall–Kier alpha value is -3.62. The number of nitro benzene ring substituents is 1. The summed E-state index contributed by atoms with van der Waals surface area (Å²) in [5.41, 5.74) is 1.99. The lowest BCUT2D eigenvalue weighted by Crippen LogP contribution is -2.24. The molecule has 1 N–H and O–H groups in total. The summed E-state index contributed by atoms with van der Waals surface area (Å²) in [4.78, 5) is 33.9. The van der Waals surface area contributed by atoms with E-state index in [4.69, 9.17) is 14.2 Å². The molecule has 0 unspecified atom stereocenters. The summed E-state index contributed by atoms with van der Waals surface area (Å²) >= 11 is 0. The molecule has 2 aromatic carbocycles. The molecule has 0 aromatic heterocycles. The topological polar surface area (TPSA) is 117 Å². The molecule has 1 amide bonds. The van der Waals surface area contributed by atoms with E-state index in [0.717, 1.165) is 11.1 Å². The molecule has 2 aromatic rings. The van der Waals surface area contributed by atoms with E-state index in [2.05, 4.69) is 5.32 Å². The van der Waals surface area contributed by atoms with Gasteiger partial charge >= 0.3 is 5.97 Å². The number of ether oxygens (including phenoxy) is 3. The van der Waals surface area contributed by atoms with Gasteiger partial charge < -0.3 is 19.5 Å². The number of amides is 1. The van der Waals surface area contributed by atoms with Crippen molar-refractivity contribution in [2.24, 2.45) is 0 Å². The van der Waals surface area contributed by atoms with Crippen LogP contribution >= 0.6 is 0 Å². The number of carbonyl (C=O) groups excluding carboxylic acids is 2. The summed E-state index contributed by atoms with van der Waals surface area (Å²) in [6.45, 7) is 2.94. The van der Waals surface area contributed by atoms with Gasteiger partial charge in [0.05, 0.1) is 23.8 Å². The molecule has 2 rings (SSSR count). The van der Waals surface area contributed by atoms with Gasteiger partial charge in [-0.1, -0.05) is 12.1 Å². The molecule has 0 atom stereocenters. The van der Waals surface area contributed by atoms with Crippen molar-refractivity contribution < 1.29 is 28.7 Å². The van der Waals surface area contributed by atoms with Crippen LogP contribution in [0.5, 0.6) is 11.5 Å². The minimum absolute atomic E-state index is 0.118. The van der Waals surface area contributed by atoms with Crippen molar-refractivity contribution >= 4 is 23.3 Å². The third-order valence-corrected chi connectivity index (χ3v) is 3.93. The molecule has 148 valence electrons. The van der Waals surface area contributed by atoms with Gasteiger partial charge in [0.2, 0.25) is 0 Å². The SMILES string of the molecule is COc1cc([N+](=O)[O-])ccc1NC(=O)COC(=O)COc1cccc(C)c1C. The van der Waals surface area contributed by atoms with E-state index in [0.29, 0.717) is 5.75 Å². The van der Waals surface area contributed by atoms with Crippen LogP contribution in [0, 0.1) is 24.0 Å². The van der Waals surface area contributed by atoms with Crippen molar-refractivity contribution in [2.75, 3.05) is 25.6 Å². The average Bonchev–Trinajstić information content (AvgIpc) is 2.67. The number of aryl methyl sites for hydroxylation is 1. The highest BCUT2D eigenvalue weighted by molar-refractivity contribution is 5.94. The molecule has 28 heavy (non-hydrogen) atoms. The maximum atomic E-state index is 12.0. The van der Waals surface area contributed by atoms with Crippen LogP contribution in [0.25, 0.3) is 0 Å². The van der Waals surface area contributed by atoms with Gasteiger partial charge in [0.1, 0.15) is 11.5 Å². The molecule has 9 nitrogen and oxygen atoms in total. The third-order valence-electron chi connectivity index (χ3n) is 3.93. The number of hydrogen-bond donors (Lipinski definition) is 1. The van der Waals surface area contributed by atoms with Crippen LogP contribution in [-0.2, 0) is 14.3 Å². The van der Waals surface area contributed by atoms with Crippen molar-refractivity contribution in [2.45, 2.75) is 13.8 Å². The van der Waals surface area contributed by atoms with E-state index >= 15 is 0 Å². The van der Waals surface area contributed by atoms with Gasteiger partial charge in [-0.25, -0.2) is 4.79 Å². The molecule has 0 aliphatic carbocycles. The predicted octanol–water partition coefficient (Wildman–Crippen LogP) is 2.78. The first kappa shape index (κ1) is 20.7. The fourth-order valence-electron chi connectivity index (χ4n) is 2.29. The van der Waals surface area contributed by atoms with Crippen molar-refractivity contribution in [3.05, 3.63) is 57.6 Å². The maximum absolute atomic E-state index is 12.0. The van der Waals surface area contributed by atoms with E-state index in [-0.39, 0.29) is 23.7 Å². The minimum atomic E-state index is -0.702. The molecule has 9 heteroatoms. The van der Waals surface area contributed by atoms with E-state index < -0.39 is 23.4 Å². The molecule has 0 spiro atoms. The van der Waals surface area contributed by atoms with Gasteiger partial charge in [0, 0.05) is 6.07 Å². The molecule has 0 radical (unpaired) electrons. The van der Waals surface area contributed by atoms with E-state index in [9.17, 15) is 19.7 Å². The van der Waals surface area contributed by atoms with Crippen molar-refractivity contribution in [1.29, 1.82) is 0 Å². The van der Waals surface area contributed by atoms with Crippen LogP contribution in [0.2, 0.25) is 0 Å². The van der Waals surface area contributed by atoms with Crippen LogP contribution in [0.1, 0.15) is 11.1 Å². The number of hydrogen-bond acceptors (Lipinski definition) is 7. The van der Waals surface area contributed by atoms with E-state index in [1.165, 1.54) is 25.3 Å². The Bertz CT molecular complexity index is 896. The number of nitro groups is 1. The fourth-order valence-corrected chi connectivity index (χ4v) is 2.29. The lowest BCUT2D eigenvalue weighted by Gasteiger charge is -2.12. The number of benzene rings is 2. The fraction of sp³-hybridized carbons (Fsp3) is 0.263. The zero-order chi connectivity index (χ0) is 20.7. The molecule has 0 bridgehead atoms. The van der Waals surface area contributed by atoms with Crippen LogP contribution in [0.3, 0.4) is 0 Å². The number of nitrogens with one attached hydrogen (secondary N) is 1. The first-order chi connectivity index (χ1) is 13.3. The lowest BCUT2D eigenvalue weighted by atomic mass is 10.1. The van der Waals surface area contributed by atoms with Crippen LogP contribution in [0.15, 0.2) is 36.4 Å². The Kier molecular flexibility index (Phi) is 6.91. The number of carbonyl (C=O) groups is 2. The molecule has 0 fully saturated rings. The van der Waals surface area contributed by atoms with Crippen molar-refractivity contribution in [3.8, 4) is 11.5 Å². The van der Waals surface area contributed by atoms with Crippen LogP contribution in [0.4, 0.5) is 11.4 Å². The molecule has 0 saturated carbocycles. The normalized spacial score (nSPS) is 10.1. The summed E-state index contributed by atoms with van der Waals surface area (Å²) in [5, 5.41) is 13.2. The predicted molar refractivity (Wildman–Crippen MR) is 101 cm³/mol. The van der Waals surface area contributed by atoms with Gasteiger partial charge in [-0.2, -0.15) is 0 Å². The van der Waals surface area contributed by atoms with Gasteiger partial charge in [-0.15, -0.1) is 0 Å². The molecule has 0 aliphatic heterocycles. The second-order valence-electron chi connectivity index (χ2n) is 5.84. The Balaban J connectivity index is 1.86. The summed E-state index contributed by atoms with van der Waals surface area (Å²) < 4.78 is 15.3. The maximum Gasteiger partial charge on any atom is 0.344 e. The summed E-state index contributed by atoms with van der Waals surface area (Å²) in [6, 6.07) is 9.22. The van der Waals surface area contributed by atoms with Gasteiger partial charge in [-0.05, 0) is 37.1 Å². The highest BCUT2D eigenvalue weighted by Crippen LogP contribution is 2.28. The first-order valence-corrected chi connectivity index (χ1v) is 8.28. The van der Waals surface area contributed by atoms with Crippen LogP contribution in [-0.4, -0.2) is 37.1 Å². The monoisotopic (exact) mass is 388 g/mol. The zero-order valence-corrected chi connectivity index (χ0v) is 15.7. The lowest BCUT2D eigenvalue weighted by molar-refractivity contribution is -0.384. The number of anilines is 1. The van der Waals surface area contributed by atoms with E-state index in [1.54, 1.807) is 6.07 Å². The number of methoxy groups -OCH3 is 1. The second kappa shape index (κ2) is 9.36. The Morgan fingerprint density at radius 3 is 2.54 bits per heavy atom. The summed E-state index contributed by atoms with van der Waals surface area (Å²) in [5.74, 6) is -0.636. The van der Waals surface area contributed by atoms with E-state index in [1.807, 2.05) is 26.0 Å². The number of nitrogens with zero attached hydrogens (tertiary/aromatic N) is 1. The minimum Gasteiger partial charge on any atom is -0.494 e. The average molecular weight is 388 g/mol. The van der Waals surface area contributed by atoms with Gasteiger partial charge in [0.25, 0.3) is 11.6 Å². The largest absolute Gasteiger partial charge is 0.494 e. The highest BCUT2D eigenvalue weighted by Gasteiger charge is 2.15. The zero-order valence-electron chi connectivity index (χ0n) is 15.7. The number of non-ortho nitro benzene ring substituents is 1. The second-order valence-corrected chi connectivity index (χ2v) is 5.84. The molecule has 0 saturated heterocycles. The molecular weight excluding hydrogens is 368 g/mol. The standard InChI is InChI=1S/C19H20N2O7/c1-12-5-4-6-16(13(12)2)27-11-19(23)28-10-18(22)20-15-8-7-14(21(24)25)9-17(15)26-3/h4-9H,10-11H2,1-3H3,(H,20,22). The van der Waals surface area contributed by atoms with Crippen molar-refractivity contribution in [3.63, 3.8) is 0 Å². The van der Waals surface area contributed by atoms with Gasteiger partial charge in [0.15, 0.2) is 13.2 Å². The summed E-state index contributed by atoms with van der Waals surface area (Å²) in [6.07, 6.45) is 0. The number of esters is 1. The Morgan fingerprint density at radius 1 is 1.11 bits per heavy atom.